The van der Waals surface area contributed by atoms with Gasteiger partial charge in [0.1, 0.15) is 17.3 Å². The molecule has 4 nitrogen and oxygen atoms in total. The normalized spacial score (nSPS) is 10.5. The molecule has 0 atom stereocenters. The zero-order chi connectivity index (χ0) is 17.1. The first kappa shape index (κ1) is 15.8. The lowest BCUT2D eigenvalue weighted by Crippen LogP contribution is -2.11. The van der Waals surface area contributed by atoms with Crippen molar-refractivity contribution in [3.63, 3.8) is 0 Å². The average Bonchev–Trinajstić information content (AvgIpc) is 3.06. The second-order valence-corrected chi connectivity index (χ2v) is 5.33. The smallest absolute Gasteiger partial charge is 0.291 e. The van der Waals surface area contributed by atoms with Crippen LogP contribution in [0.1, 0.15) is 16.1 Å². The molecule has 3 aromatic rings. The van der Waals surface area contributed by atoms with Crippen molar-refractivity contribution in [1.82, 2.24) is 0 Å². The van der Waals surface area contributed by atoms with E-state index in [1.54, 1.807) is 37.4 Å². The Labute approximate surface area is 138 Å². The summed E-state index contributed by atoms with van der Waals surface area (Å²) in [7, 11) is 1.54. The first-order valence-corrected chi connectivity index (χ1v) is 7.38. The minimum atomic E-state index is -0.382. The van der Waals surface area contributed by atoms with E-state index in [0.29, 0.717) is 22.8 Å². The molecule has 3 rings (SSSR count). The van der Waals surface area contributed by atoms with Crippen molar-refractivity contribution in [2.75, 3.05) is 12.4 Å². The predicted octanol–water partition coefficient (Wildman–Crippen LogP) is 4.66. The molecular formula is C19H16FNO3. The number of hydrogen-bond donors (Lipinski definition) is 1. The SMILES string of the molecule is COc1ccc(C)cc1NC(=O)c1ccc(-c2ccc(F)cc2)o1. The number of nitrogens with one attached hydrogen (secondary N) is 1. The molecule has 0 aliphatic heterocycles. The molecule has 2 aromatic carbocycles. The third-order valence-corrected chi connectivity index (χ3v) is 3.56. The van der Waals surface area contributed by atoms with Crippen molar-refractivity contribution >= 4 is 11.6 Å². The van der Waals surface area contributed by atoms with Gasteiger partial charge in [0, 0.05) is 5.56 Å². The molecule has 0 fully saturated rings. The van der Waals surface area contributed by atoms with Gasteiger partial charge in [-0.1, -0.05) is 6.07 Å². The van der Waals surface area contributed by atoms with E-state index in [9.17, 15) is 9.18 Å². The van der Waals surface area contributed by atoms with Crippen molar-refractivity contribution in [2.45, 2.75) is 6.92 Å². The van der Waals surface area contributed by atoms with Crippen molar-refractivity contribution in [3.05, 3.63) is 71.7 Å². The van der Waals surface area contributed by atoms with Gasteiger partial charge in [-0.15, -0.1) is 0 Å². The molecule has 24 heavy (non-hydrogen) atoms. The first-order chi connectivity index (χ1) is 11.6. The maximum atomic E-state index is 13.0. The summed E-state index contributed by atoms with van der Waals surface area (Å²) >= 11 is 0. The number of ether oxygens (including phenoxy) is 1. The Bertz CT molecular complexity index is 869. The maximum absolute atomic E-state index is 13.0. The minimum Gasteiger partial charge on any atom is -0.495 e. The van der Waals surface area contributed by atoms with Gasteiger partial charge in [-0.3, -0.25) is 4.79 Å². The van der Waals surface area contributed by atoms with Crippen molar-refractivity contribution in [1.29, 1.82) is 0 Å². The fourth-order valence-electron chi connectivity index (χ4n) is 2.33. The van der Waals surface area contributed by atoms with Crippen LogP contribution in [-0.2, 0) is 0 Å². The van der Waals surface area contributed by atoms with Gasteiger partial charge in [-0.2, -0.15) is 0 Å². The summed E-state index contributed by atoms with van der Waals surface area (Å²) in [5, 5.41) is 2.77. The molecule has 0 aliphatic rings. The van der Waals surface area contributed by atoms with Gasteiger partial charge in [0.05, 0.1) is 12.8 Å². The number of halogens is 1. The van der Waals surface area contributed by atoms with Crippen LogP contribution in [0.15, 0.2) is 59.0 Å². The van der Waals surface area contributed by atoms with Gasteiger partial charge >= 0.3 is 0 Å². The van der Waals surface area contributed by atoms with Gasteiger partial charge in [-0.25, -0.2) is 4.39 Å². The summed E-state index contributed by atoms with van der Waals surface area (Å²) in [6.45, 7) is 1.93. The number of furan rings is 1. The quantitative estimate of drug-likeness (QED) is 0.759. The number of methoxy groups -OCH3 is 1. The molecule has 1 amide bonds. The van der Waals surface area contributed by atoms with Crippen LogP contribution in [0.3, 0.4) is 0 Å². The number of hydrogen-bond acceptors (Lipinski definition) is 3. The molecule has 0 bridgehead atoms. The van der Waals surface area contributed by atoms with Crippen LogP contribution in [0.25, 0.3) is 11.3 Å². The molecule has 0 unspecified atom stereocenters. The largest absolute Gasteiger partial charge is 0.495 e. The number of carbonyl (C=O) groups is 1. The van der Waals surface area contributed by atoms with Crippen molar-refractivity contribution in [3.8, 4) is 17.1 Å². The molecule has 0 spiro atoms. The molecule has 5 heteroatoms. The van der Waals surface area contributed by atoms with Gasteiger partial charge in [-0.05, 0) is 61.0 Å². The van der Waals surface area contributed by atoms with Crippen molar-refractivity contribution < 1.29 is 18.3 Å². The van der Waals surface area contributed by atoms with E-state index in [4.69, 9.17) is 9.15 Å². The van der Waals surface area contributed by atoms with E-state index in [1.165, 1.54) is 12.1 Å². The van der Waals surface area contributed by atoms with Crippen LogP contribution in [-0.4, -0.2) is 13.0 Å². The second-order valence-electron chi connectivity index (χ2n) is 5.33. The summed E-state index contributed by atoms with van der Waals surface area (Å²) in [6, 6.07) is 14.6. The third kappa shape index (κ3) is 3.30. The van der Waals surface area contributed by atoms with E-state index >= 15 is 0 Å². The Morgan fingerprint density at radius 3 is 2.54 bits per heavy atom. The van der Waals surface area contributed by atoms with Crippen LogP contribution < -0.4 is 10.1 Å². The monoisotopic (exact) mass is 325 g/mol. The Balaban J connectivity index is 1.81. The summed E-state index contributed by atoms with van der Waals surface area (Å²) in [5.41, 5.74) is 2.27. The topological polar surface area (TPSA) is 51.5 Å². The van der Waals surface area contributed by atoms with Gasteiger partial charge in [0.2, 0.25) is 0 Å². The van der Waals surface area contributed by atoms with Crippen molar-refractivity contribution in [2.24, 2.45) is 0 Å². The van der Waals surface area contributed by atoms with Crippen LogP contribution in [0, 0.1) is 12.7 Å². The highest BCUT2D eigenvalue weighted by atomic mass is 19.1. The fraction of sp³-hybridized carbons (Fsp3) is 0.105. The molecule has 122 valence electrons. The van der Waals surface area contributed by atoms with E-state index in [-0.39, 0.29) is 17.5 Å². The average molecular weight is 325 g/mol. The molecule has 0 radical (unpaired) electrons. The lowest BCUT2D eigenvalue weighted by atomic mass is 10.2. The Morgan fingerprint density at radius 2 is 1.83 bits per heavy atom. The zero-order valence-corrected chi connectivity index (χ0v) is 13.3. The summed E-state index contributed by atoms with van der Waals surface area (Å²) in [5.74, 6) is 0.524. The number of rotatable bonds is 4. The molecule has 1 heterocycles. The number of aryl methyl sites for hydroxylation is 1. The van der Waals surface area contributed by atoms with Crippen LogP contribution >= 0.6 is 0 Å². The molecule has 0 saturated heterocycles. The van der Waals surface area contributed by atoms with E-state index in [1.807, 2.05) is 19.1 Å². The highest BCUT2D eigenvalue weighted by Crippen LogP contribution is 2.27. The Morgan fingerprint density at radius 1 is 1.08 bits per heavy atom. The van der Waals surface area contributed by atoms with E-state index in [0.717, 1.165) is 5.56 Å². The number of amides is 1. The van der Waals surface area contributed by atoms with Gasteiger partial charge < -0.3 is 14.5 Å². The molecule has 1 N–H and O–H groups in total. The summed E-state index contributed by atoms with van der Waals surface area (Å²) < 4.78 is 23.8. The number of anilines is 1. The lowest BCUT2D eigenvalue weighted by Gasteiger charge is -2.10. The van der Waals surface area contributed by atoms with Gasteiger partial charge in [0.15, 0.2) is 5.76 Å². The third-order valence-electron chi connectivity index (χ3n) is 3.56. The predicted molar refractivity (Wildman–Crippen MR) is 89.8 cm³/mol. The van der Waals surface area contributed by atoms with Crippen LogP contribution in [0.4, 0.5) is 10.1 Å². The molecule has 0 saturated carbocycles. The first-order valence-electron chi connectivity index (χ1n) is 7.38. The highest BCUT2D eigenvalue weighted by Gasteiger charge is 2.14. The fourth-order valence-corrected chi connectivity index (χ4v) is 2.33. The summed E-state index contributed by atoms with van der Waals surface area (Å²) in [6.07, 6.45) is 0. The Kier molecular flexibility index (Phi) is 4.33. The number of benzene rings is 2. The standard InChI is InChI=1S/C19H16FNO3/c1-12-3-8-17(23-2)15(11-12)21-19(22)18-10-9-16(24-18)13-4-6-14(20)7-5-13/h3-11H,1-2H3,(H,21,22). The van der Waals surface area contributed by atoms with E-state index in [2.05, 4.69) is 5.32 Å². The van der Waals surface area contributed by atoms with Gasteiger partial charge in [0.25, 0.3) is 5.91 Å². The minimum absolute atomic E-state index is 0.165. The number of carbonyl (C=O) groups excluding carboxylic acids is 1. The molecule has 1 aromatic heterocycles. The lowest BCUT2D eigenvalue weighted by molar-refractivity contribution is 0.0997. The van der Waals surface area contributed by atoms with Crippen LogP contribution in [0.5, 0.6) is 5.75 Å². The zero-order valence-electron chi connectivity index (χ0n) is 13.3. The highest BCUT2D eigenvalue weighted by molar-refractivity contribution is 6.03. The molecule has 0 aliphatic carbocycles. The second kappa shape index (κ2) is 6.58. The van der Waals surface area contributed by atoms with Crippen LogP contribution in [0.2, 0.25) is 0 Å². The maximum Gasteiger partial charge on any atom is 0.291 e. The van der Waals surface area contributed by atoms with E-state index < -0.39 is 0 Å². The molecular weight excluding hydrogens is 309 g/mol. The summed E-state index contributed by atoms with van der Waals surface area (Å²) in [4.78, 5) is 12.4. The Hall–Kier alpha value is -3.08.